The highest BCUT2D eigenvalue weighted by Gasteiger charge is 2.35. The highest BCUT2D eigenvalue weighted by Crippen LogP contribution is 2.25. The number of benzene rings is 1. The van der Waals surface area contributed by atoms with Crippen molar-refractivity contribution in [3.63, 3.8) is 0 Å². The van der Waals surface area contributed by atoms with E-state index in [9.17, 15) is 24.0 Å². The number of nitrogens with one attached hydrogen (secondary N) is 4. The van der Waals surface area contributed by atoms with Crippen molar-refractivity contribution in [2.75, 3.05) is 13.1 Å². The molecule has 45 heavy (non-hydrogen) atoms. The first-order valence-electron chi connectivity index (χ1n) is 14.9. The van der Waals surface area contributed by atoms with Crippen LogP contribution in [0.3, 0.4) is 0 Å². The van der Waals surface area contributed by atoms with Crippen molar-refractivity contribution in [1.29, 1.82) is 0 Å². The molecule has 13 nitrogen and oxygen atoms in total. The van der Waals surface area contributed by atoms with E-state index in [0.717, 1.165) is 5.56 Å². The maximum Gasteiger partial charge on any atom is 0.274 e. The Kier molecular flexibility index (Phi) is 9.61. The quantitative estimate of drug-likeness (QED) is 0.337. The molecule has 0 radical (unpaired) electrons. The van der Waals surface area contributed by atoms with Crippen LogP contribution in [0.25, 0.3) is 0 Å². The number of carbonyl (C=O) groups is 5. The molecule has 1 saturated heterocycles. The Morgan fingerprint density at radius 1 is 1.02 bits per heavy atom. The summed E-state index contributed by atoms with van der Waals surface area (Å²) in [6, 6.07) is 6.87. The van der Waals surface area contributed by atoms with Crippen LogP contribution in [-0.4, -0.2) is 69.6 Å². The first-order valence-corrected chi connectivity index (χ1v) is 15.8. The second-order valence-corrected chi connectivity index (χ2v) is 12.6. The number of oxazole rings is 1. The lowest BCUT2D eigenvalue weighted by Crippen LogP contribution is -2.54. The Balaban J connectivity index is 1.52. The number of carbonyl (C=O) groups excluding carboxylic acids is 5. The second-order valence-electron chi connectivity index (χ2n) is 11.7. The predicted octanol–water partition coefficient (Wildman–Crippen LogP) is 2.21. The van der Waals surface area contributed by atoms with E-state index in [1.54, 1.807) is 19.2 Å². The Morgan fingerprint density at radius 3 is 2.47 bits per heavy atom. The fourth-order valence-electron chi connectivity index (χ4n) is 5.42. The van der Waals surface area contributed by atoms with E-state index in [1.165, 1.54) is 16.2 Å². The number of rotatable bonds is 4. The first-order chi connectivity index (χ1) is 21.5. The highest BCUT2D eigenvalue weighted by molar-refractivity contribution is 7.09. The third kappa shape index (κ3) is 7.56. The fourth-order valence-corrected chi connectivity index (χ4v) is 6.23. The third-order valence-electron chi connectivity index (χ3n) is 7.79. The Hall–Kier alpha value is -4.59. The zero-order valence-electron chi connectivity index (χ0n) is 25.6. The Labute approximate surface area is 264 Å². The summed E-state index contributed by atoms with van der Waals surface area (Å²) < 4.78 is 5.87. The average Bonchev–Trinajstić information content (AvgIpc) is 3.75. The molecule has 0 unspecified atom stereocenters. The van der Waals surface area contributed by atoms with Crippen LogP contribution < -0.4 is 21.3 Å². The molecule has 14 heteroatoms. The molecule has 2 aromatic heterocycles. The number of nitrogens with zero attached hydrogens (tertiary/aromatic N) is 3. The largest absolute Gasteiger partial charge is 0.443 e. The number of hydrogen-bond acceptors (Lipinski definition) is 9. The van der Waals surface area contributed by atoms with Crippen LogP contribution >= 0.6 is 11.3 Å². The number of thiazole rings is 1. The molecule has 0 saturated carbocycles. The lowest BCUT2D eigenvalue weighted by atomic mass is 10.0. The van der Waals surface area contributed by atoms with Gasteiger partial charge < -0.3 is 30.6 Å². The maximum absolute atomic E-state index is 13.8. The van der Waals surface area contributed by atoms with Gasteiger partial charge in [-0.1, -0.05) is 44.2 Å². The fraction of sp³-hybridized carbons (Fsp3) is 0.452. The van der Waals surface area contributed by atoms with Crippen molar-refractivity contribution in [3.05, 3.63) is 69.3 Å². The van der Waals surface area contributed by atoms with E-state index in [2.05, 4.69) is 31.2 Å². The van der Waals surface area contributed by atoms with Crippen molar-refractivity contribution in [2.24, 2.45) is 5.92 Å². The van der Waals surface area contributed by atoms with Crippen molar-refractivity contribution in [1.82, 2.24) is 36.1 Å². The molecule has 4 bridgehead atoms. The molecule has 0 aliphatic carbocycles. The summed E-state index contributed by atoms with van der Waals surface area (Å²) >= 11 is 1.23. The molecule has 4 N–H and O–H groups in total. The molecule has 1 fully saturated rings. The minimum absolute atomic E-state index is 0.00266. The van der Waals surface area contributed by atoms with Gasteiger partial charge in [0, 0.05) is 18.3 Å². The van der Waals surface area contributed by atoms with Gasteiger partial charge in [-0.05, 0) is 38.2 Å². The van der Waals surface area contributed by atoms with Crippen molar-refractivity contribution in [3.8, 4) is 0 Å². The van der Waals surface area contributed by atoms with Crippen molar-refractivity contribution < 1.29 is 28.4 Å². The van der Waals surface area contributed by atoms with E-state index in [-0.39, 0.29) is 54.4 Å². The van der Waals surface area contributed by atoms with E-state index < -0.39 is 47.8 Å². The van der Waals surface area contributed by atoms with Gasteiger partial charge in [0.15, 0.2) is 5.69 Å². The monoisotopic (exact) mass is 635 g/mol. The van der Waals surface area contributed by atoms with E-state index >= 15 is 0 Å². The SMILES string of the molecule is Cc1oc2nc1C(=O)N[C@H](C)c1nc(cs1)C(=O)N[C@H](Cc1ccccc1)CN(C(=O)[C@H]1CCC(=O)N1)CC(=O)N[C@H]2C(C)C. The number of fused-ring (bicyclic) bond motifs is 4. The number of aromatic nitrogens is 2. The van der Waals surface area contributed by atoms with Gasteiger partial charge in [-0.15, -0.1) is 11.3 Å². The summed E-state index contributed by atoms with van der Waals surface area (Å²) in [6.45, 7) is 6.78. The van der Waals surface area contributed by atoms with Crippen LogP contribution in [0.1, 0.15) is 88.9 Å². The van der Waals surface area contributed by atoms with Gasteiger partial charge in [0.2, 0.25) is 23.6 Å². The molecule has 2 aliphatic rings. The molecule has 238 valence electrons. The molecule has 5 amide bonds. The third-order valence-corrected chi connectivity index (χ3v) is 8.82. The van der Waals surface area contributed by atoms with Crippen LogP contribution in [0.4, 0.5) is 0 Å². The molecule has 3 aromatic rings. The van der Waals surface area contributed by atoms with Crippen molar-refractivity contribution in [2.45, 2.75) is 71.1 Å². The number of aryl methyl sites for hydroxylation is 1. The maximum atomic E-state index is 13.8. The molecule has 5 rings (SSSR count). The second kappa shape index (κ2) is 13.6. The van der Waals surface area contributed by atoms with Crippen LogP contribution in [-0.2, 0) is 20.8 Å². The normalized spacial score (nSPS) is 23.1. The van der Waals surface area contributed by atoms with Crippen LogP contribution in [0, 0.1) is 12.8 Å². The van der Waals surface area contributed by atoms with Gasteiger partial charge in [-0.2, -0.15) is 0 Å². The van der Waals surface area contributed by atoms with E-state index in [0.29, 0.717) is 17.8 Å². The summed E-state index contributed by atoms with van der Waals surface area (Å²) in [5.74, 6) is -1.81. The molecule has 1 aromatic carbocycles. The van der Waals surface area contributed by atoms with Gasteiger partial charge >= 0.3 is 0 Å². The van der Waals surface area contributed by atoms with E-state index in [4.69, 9.17) is 4.42 Å². The van der Waals surface area contributed by atoms with E-state index in [1.807, 2.05) is 44.2 Å². The molecule has 0 spiro atoms. The van der Waals surface area contributed by atoms with Gasteiger partial charge in [-0.25, -0.2) is 9.97 Å². The Bertz CT molecular complexity index is 1590. The Morgan fingerprint density at radius 2 is 1.78 bits per heavy atom. The molecule has 4 heterocycles. The van der Waals surface area contributed by atoms with Gasteiger partial charge in [0.25, 0.3) is 11.8 Å². The summed E-state index contributed by atoms with van der Waals surface area (Å²) in [4.78, 5) is 76.2. The van der Waals surface area contributed by atoms with Crippen LogP contribution in [0.5, 0.6) is 0 Å². The summed E-state index contributed by atoms with van der Waals surface area (Å²) in [7, 11) is 0. The predicted molar refractivity (Wildman–Crippen MR) is 164 cm³/mol. The standard InChI is InChI=1S/C31H37N7O6S/c1-16(2)25-29-37-26(18(4)44-29)28(42)32-17(3)30-35-22(15-45-30)27(41)33-20(12-19-8-6-5-7-9-19)13-38(14-24(40)36-25)31(43)21-10-11-23(39)34-21/h5-9,15-17,20-21,25H,10-14H2,1-4H3,(H,32,42)(H,33,41)(H,34,39)(H,36,40)/t17-,20-,21-,25+/m1/s1. The summed E-state index contributed by atoms with van der Waals surface area (Å²) in [5, 5.41) is 13.6. The zero-order valence-corrected chi connectivity index (χ0v) is 26.4. The smallest absolute Gasteiger partial charge is 0.274 e. The topological polar surface area (TPSA) is 176 Å². The van der Waals surface area contributed by atoms with Crippen molar-refractivity contribution >= 4 is 40.9 Å². The summed E-state index contributed by atoms with van der Waals surface area (Å²) in [5.41, 5.74) is 1.15. The molecule has 2 aliphatic heterocycles. The average molecular weight is 636 g/mol. The molecule has 4 atom stereocenters. The minimum atomic E-state index is -0.782. The number of hydrogen-bond donors (Lipinski definition) is 4. The van der Waals surface area contributed by atoms with Gasteiger partial charge in [0.1, 0.15) is 28.5 Å². The molecular weight excluding hydrogens is 598 g/mol. The first kappa shape index (κ1) is 31.8. The number of amides is 5. The lowest BCUT2D eigenvalue weighted by molar-refractivity contribution is -0.138. The summed E-state index contributed by atoms with van der Waals surface area (Å²) in [6.07, 6.45) is 0.881. The minimum Gasteiger partial charge on any atom is -0.443 e. The van der Waals surface area contributed by atoms with Gasteiger partial charge in [-0.3, -0.25) is 24.0 Å². The lowest BCUT2D eigenvalue weighted by Gasteiger charge is -2.30. The van der Waals surface area contributed by atoms with Gasteiger partial charge in [0.05, 0.1) is 18.6 Å². The van der Waals surface area contributed by atoms with Crippen LogP contribution in [0.15, 0.2) is 40.1 Å². The highest BCUT2D eigenvalue weighted by atomic mass is 32.1. The van der Waals surface area contributed by atoms with Crippen LogP contribution in [0.2, 0.25) is 0 Å². The zero-order chi connectivity index (χ0) is 32.2. The molecular formula is C31H37N7O6S.